The molecule has 1 heterocycles. The molecule has 1 aliphatic heterocycles. The summed E-state index contributed by atoms with van der Waals surface area (Å²) < 4.78 is 5.56. The van der Waals surface area contributed by atoms with Crippen LogP contribution in [0, 0.1) is 23.2 Å². The molecule has 2 saturated carbocycles. The maximum atomic E-state index is 11.7. The van der Waals surface area contributed by atoms with E-state index in [0.717, 1.165) is 12.8 Å². The summed E-state index contributed by atoms with van der Waals surface area (Å²) in [6.45, 7) is 8.68. The first-order valence-corrected chi connectivity index (χ1v) is 6.89. The highest BCUT2D eigenvalue weighted by Crippen LogP contribution is 2.56. The minimum Gasteiger partial charge on any atom is -0.462 e. The van der Waals surface area contributed by atoms with E-state index in [1.807, 2.05) is 6.92 Å². The van der Waals surface area contributed by atoms with Crippen LogP contribution in [0.15, 0.2) is 12.2 Å². The lowest BCUT2D eigenvalue weighted by molar-refractivity contribution is -0.145. The van der Waals surface area contributed by atoms with Crippen LogP contribution in [-0.4, -0.2) is 12.1 Å². The van der Waals surface area contributed by atoms with Gasteiger partial charge in [0.1, 0.15) is 6.10 Å². The maximum Gasteiger partial charge on any atom is 0.309 e. The van der Waals surface area contributed by atoms with Gasteiger partial charge in [0.2, 0.25) is 0 Å². The molecule has 2 nitrogen and oxygen atoms in total. The molecule has 3 fully saturated rings. The van der Waals surface area contributed by atoms with Gasteiger partial charge in [0.05, 0.1) is 5.92 Å². The van der Waals surface area contributed by atoms with E-state index in [2.05, 4.69) is 13.5 Å². The molecular weight excluding hydrogens is 212 g/mol. The molecule has 94 valence electrons. The van der Waals surface area contributed by atoms with Crippen molar-refractivity contribution in [1.29, 1.82) is 0 Å². The summed E-state index contributed by atoms with van der Waals surface area (Å²) in [5.74, 6) is 1.18. The summed E-state index contributed by atoms with van der Waals surface area (Å²) in [4.78, 5) is 11.7. The van der Waals surface area contributed by atoms with Gasteiger partial charge in [0.25, 0.3) is 0 Å². The Bertz CT molecular complexity index is 373. The number of carbonyl (C=O) groups excluding carboxylic acids is 1. The zero-order chi connectivity index (χ0) is 12.2. The van der Waals surface area contributed by atoms with Gasteiger partial charge < -0.3 is 4.74 Å². The lowest BCUT2D eigenvalue weighted by Crippen LogP contribution is -2.44. The van der Waals surface area contributed by atoms with E-state index in [0.29, 0.717) is 17.3 Å². The zero-order valence-corrected chi connectivity index (χ0v) is 10.9. The van der Waals surface area contributed by atoms with E-state index >= 15 is 0 Å². The van der Waals surface area contributed by atoms with Gasteiger partial charge in [-0.15, -0.1) is 0 Å². The first kappa shape index (κ1) is 11.3. The van der Waals surface area contributed by atoms with Gasteiger partial charge in [-0.25, -0.2) is 0 Å². The van der Waals surface area contributed by atoms with Crippen LogP contribution in [0.2, 0.25) is 0 Å². The fraction of sp³-hybridized carbons (Fsp3) is 0.800. The fourth-order valence-corrected chi connectivity index (χ4v) is 4.38. The van der Waals surface area contributed by atoms with Gasteiger partial charge in [0, 0.05) is 5.92 Å². The highest BCUT2D eigenvalue weighted by atomic mass is 16.6. The Labute approximate surface area is 103 Å². The quantitative estimate of drug-likeness (QED) is 0.475. The van der Waals surface area contributed by atoms with Gasteiger partial charge in [0.15, 0.2) is 0 Å². The number of ether oxygens (including phenoxy) is 1. The molecule has 5 atom stereocenters. The van der Waals surface area contributed by atoms with Crippen LogP contribution in [0.5, 0.6) is 0 Å². The van der Waals surface area contributed by atoms with E-state index in [-0.39, 0.29) is 18.0 Å². The van der Waals surface area contributed by atoms with Gasteiger partial charge >= 0.3 is 5.97 Å². The molecule has 0 aromatic rings. The number of esters is 1. The second kappa shape index (κ2) is 3.60. The van der Waals surface area contributed by atoms with Crippen LogP contribution in [0.1, 0.15) is 46.0 Å². The van der Waals surface area contributed by atoms with E-state index < -0.39 is 0 Å². The molecule has 0 radical (unpaired) electrons. The van der Waals surface area contributed by atoms with Crippen LogP contribution < -0.4 is 0 Å². The van der Waals surface area contributed by atoms with Crippen LogP contribution >= 0.6 is 0 Å². The Kier molecular flexibility index (Phi) is 2.39. The summed E-state index contributed by atoms with van der Waals surface area (Å²) in [5, 5.41) is 0. The Morgan fingerprint density at radius 3 is 3.00 bits per heavy atom. The molecule has 3 aliphatic rings. The molecule has 2 aliphatic carbocycles. The predicted molar refractivity (Wildman–Crippen MR) is 66.4 cm³/mol. The molecule has 0 unspecified atom stereocenters. The molecule has 3 rings (SSSR count). The SMILES string of the molecule is C=C1CCC[C@]2(C)C[C@@H]3OC(=O)[C@H](C)[C@@H]3C[C@H]12. The predicted octanol–water partition coefficient (Wildman–Crippen LogP) is 3.32. The van der Waals surface area contributed by atoms with Crippen LogP contribution in [0.25, 0.3) is 0 Å². The summed E-state index contributed by atoms with van der Waals surface area (Å²) in [6, 6.07) is 0. The van der Waals surface area contributed by atoms with Gasteiger partial charge in [-0.3, -0.25) is 4.79 Å². The van der Waals surface area contributed by atoms with Gasteiger partial charge in [-0.05, 0) is 43.4 Å². The number of hydrogen-bond acceptors (Lipinski definition) is 2. The van der Waals surface area contributed by atoms with Crippen molar-refractivity contribution in [3.05, 3.63) is 12.2 Å². The molecule has 2 heteroatoms. The normalized spacial score (nSPS) is 49.5. The molecule has 1 saturated heterocycles. The van der Waals surface area contributed by atoms with E-state index in [4.69, 9.17) is 4.74 Å². The number of allylic oxidation sites excluding steroid dienone is 1. The summed E-state index contributed by atoms with van der Waals surface area (Å²) in [5.41, 5.74) is 1.75. The van der Waals surface area contributed by atoms with Crippen molar-refractivity contribution in [3.8, 4) is 0 Å². The van der Waals surface area contributed by atoms with Crippen molar-refractivity contribution in [3.63, 3.8) is 0 Å². The molecule has 0 aromatic heterocycles. The third kappa shape index (κ3) is 1.56. The zero-order valence-electron chi connectivity index (χ0n) is 10.9. The lowest BCUT2D eigenvalue weighted by Gasteiger charge is -2.49. The first-order chi connectivity index (χ1) is 8.01. The monoisotopic (exact) mass is 234 g/mol. The number of hydrogen-bond donors (Lipinski definition) is 0. The van der Waals surface area contributed by atoms with Crippen molar-refractivity contribution in [2.45, 2.75) is 52.1 Å². The molecule has 17 heavy (non-hydrogen) atoms. The minimum absolute atomic E-state index is 0.0212. The Balaban J connectivity index is 1.88. The standard InChI is InChI=1S/C15H22O2/c1-9-5-4-6-15(3)8-13-11(7-12(9)15)10(2)14(16)17-13/h10-13H,1,4-8H2,2-3H3/t10-,11+,12-,13+,15-/m1/s1. The molecule has 0 bridgehead atoms. The van der Waals surface area contributed by atoms with E-state index in [1.54, 1.807) is 0 Å². The van der Waals surface area contributed by atoms with E-state index in [9.17, 15) is 4.79 Å². The lowest BCUT2D eigenvalue weighted by atomic mass is 9.55. The minimum atomic E-state index is 0.0212. The van der Waals surface area contributed by atoms with Crippen molar-refractivity contribution in [2.75, 3.05) is 0 Å². The highest BCUT2D eigenvalue weighted by molar-refractivity contribution is 5.75. The largest absolute Gasteiger partial charge is 0.462 e. The molecule has 0 aromatic carbocycles. The molecular formula is C15H22O2. The Hall–Kier alpha value is -0.790. The average molecular weight is 234 g/mol. The van der Waals surface area contributed by atoms with Gasteiger partial charge in [-0.2, -0.15) is 0 Å². The molecule has 0 N–H and O–H groups in total. The third-order valence-corrected chi connectivity index (χ3v) is 5.51. The summed E-state index contributed by atoms with van der Waals surface area (Å²) in [7, 11) is 0. The van der Waals surface area contributed by atoms with E-state index in [1.165, 1.54) is 24.8 Å². The molecule has 0 amide bonds. The first-order valence-electron chi connectivity index (χ1n) is 6.89. The van der Waals surface area contributed by atoms with Crippen LogP contribution in [0.4, 0.5) is 0 Å². The number of rotatable bonds is 0. The number of fused-ring (bicyclic) bond motifs is 2. The second-order valence-electron chi connectivity index (χ2n) is 6.59. The number of carbonyl (C=O) groups is 1. The Morgan fingerprint density at radius 2 is 2.24 bits per heavy atom. The van der Waals surface area contributed by atoms with Crippen molar-refractivity contribution >= 4 is 5.97 Å². The topological polar surface area (TPSA) is 26.3 Å². The fourth-order valence-electron chi connectivity index (χ4n) is 4.38. The molecule has 0 spiro atoms. The average Bonchev–Trinajstić information content (AvgIpc) is 2.52. The summed E-state index contributed by atoms with van der Waals surface area (Å²) >= 11 is 0. The van der Waals surface area contributed by atoms with Crippen molar-refractivity contribution < 1.29 is 9.53 Å². The van der Waals surface area contributed by atoms with Gasteiger partial charge in [-0.1, -0.05) is 26.0 Å². The second-order valence-corrected chi connectivity index (χ2v) is 6.59. The van der Waals surface area contributed by atoms with Crippen LogP contribution in [0.3, 0.4) is 0 Å². The van der Waals surface area contributed by atoms with Crippen molar-refractivity contribution in [2.24, 2.45) is 23.2 Å². The maximum absolute atomic E-state index is 11.7. The van der Waals surface area contributed by atoms with Crippen molar-refractivity contribution in [1.82, 2.24) is 0 Å². The smallest absolute Gasteiger partial charge is 0.309 e. The van der Waals surface area contributed by atoms with Crippen LogP contribution in [-0.2, 0) is 9.53 Å². The third-order valence-electron chi connectivity index (χ3n) is 5.51. The summed E-state index contributed by atoms with van der Waals surface area (Å²) in [6.07, 6.45) is 6.06. The highest BCUT2D eigenvalue weighted by Gasteiger charge is 2.53. The Morgan fingerprint density at radius 1 is 1.47 bits per heavy atom.